The van der Waals surface area contributed by atoms with E-state index in [0.717, 1.165) is 4.90 Å². The molecule has 0 saturated carbocycles. The molecule has 1 heterocycles. The first-order chi connectivity index (χ1) is 9.47. The summed E-state index contributed by atoms with van der Waals surface area (Å²) in [7, 11) is 0. The van der Waals surface area contributed by atoms with Crippen LogP contribution in [0.5, 0.6) is 0 Å². The first-order valence-electron chi connectivity index (χ1n) is 5.80. The Kier molecular flexibility index (Phi) is 4.09. The van der Waals surface area contributed by atoms with Gasteiger partial charge in [-0.05, 0) is 18.2 Å². The number of hydrogen-bond donors (Lipinski definition) is 3. The third kappa shape index (κ3) is 3.18. The Labute approximate surface area is 119 Å². The van der Waals surface area contributed by atoms with Gasteiger partial charge in [-0.3, -0.25) is 9.69 Å². The molecule has 0 spiro atoms. The summed E-state index contributed by atoms with van der Waals surface area (Å²) in [5, 5.41) is 14.4. The molecule has 7 nitrogen and oxygen atoms in total. The molecule has 3 amide bonds. The first-order valence-corrected chi connectivity index (χ1v) is 6.18. The molecule has 0 radical (unpaired) electrons. The van der Waals surface area contributed by atoms with Crippen LogP contribution >= 0.6 is 11.6 Å². The molecule has 3 N–H and O–H groups in total. The fraction of sp³-hybridized carbons (Fsp3) is 0.250. The standard InChI is InChI=1S/C12H12ClN3O4/c13-7-2-1-3-8(4-7)15-12(20)16-6-10(17)14-5-9(16)11(18)19/h1-4,9H,5-6H2,(H,14,17)(H,15,20)(H,18,19). The number of carboxylic acids is 1. The Bertz CT molecular complexity index is 563. The van der Waals surface area contributed by atoms with E-state index in [9.17, 15) is 14.4 Å². The van der Waals surface area contributed by atoms with Gasteiger partial charge in [0.15, 0.2) is 0 Å². The minimum absolute atomic E-state index is 0.114. The van der Waals surface area contributed by atoms with Gasteiger partial charge in [-0.15, -0.1) is 0 Å². The zero-order valence-electron chi connectivity index (χ0n) is 10.3. The Morgan fingerprint density at radius 3 is 2.85 bits per heavy atom. The van der Waals surface area contributed by atoms with Gasteiger partial charge in [-0.2, -0.15) is 0 Å². The van der Waals surface area contributed by atoms with Gasteiger partial charge in [0.1, 0.15) is 12.6 Å². The van der Waals surface area contributed by atoms with Gasteiger partial charge in [-0.25, -0.2) is 9.59 Å². The summed E-state index contributed by atoms with van der Waals surface area (Å²) in [5.74, 6) is -1.57. The van der Waals surface area contributed by atoms with E-state index in [0.29, 0.717) is 10.7 Å². The maximum atomic E-state index is 12.1. The largest absolute Gasteiger partial charge is 0.480 e. The van der Waals surface area contributed by atoms with Crippen LogP contribution in [-0.4, -0.2) is 47.0 Å². The van der Waals surface area contributed by atoms with Crippen LogP contribution in [0.15, 0.2) is 24.3 Å². The van der Waals surface area contributed by atoms with Crippen molar-refractivity contribution in [3.05, 3.63) is 29.3 Å². The van der Waals surface area contributed by atoms with Crippen molar-refractivity contribution < 1.29 is 19.5 Å². The smallest absolute Gasteiger partial charge is 0.328 e. The molecule has 1 aromatic rings. The second-order valence-corrected chi connectivity index (χ2v) is 4.66. The molecule has 1 aliphatic rings. The molecule has 1 unspecified atom stereocenters. The zero-order valence-corrected chi connectivity index (χ0v) is 11.1. The molecular formula is C12H12ClN3O4. The van der Waals surface area contributed by atoms with Crippen LogP contribution < -0.4 is 10.6 Å². The lowest BCUT2D eigenvalue weighted by molar-refractivity contribution is -0.144. The zero-order chi connectivity index (χ0) is 14.7. The van der Waals surface area contributed by atoms with E-state index in [1.54, 1.807) is 18.2 Å². The number of carbonyl (C=O) groups excluding carboxylic acids is 2. The molecule has 0 bridgehead atoms. The number of amides is 3. The van der Waals surface area contributed by atoms with Gasteiger partial charge < -0.3 is 15.7 Å². The van der Waals surface area contributed by atoms with Crippen LogP contribution in [0.1, 0.15) is 0 Å². The van der Waals surface area contributed by atoms with E-state index in [2.05, 4.69) is 10.6 Å². The van der Waals surface area contributed by atoms with Crippen LogP contribution in [0.2, 0.25) is 5.02 Å². The average Bonchev–Trinajstić information content (AvgIpc) is 2.38. The maximum Gasteiger partial charge on any atom is 0.328 e. The number of aliphatic carboxylic acids is 1. The number of nitrogens with zero attached hydrogens (tertiary/aromatic N) is 1. The third-order valence-corrected chi connectivity index (χ3v) is 3.04. The Morgan fingerprint density at radius 1 is 1.45 bits per heavy atom. The highest BCUT2D eigenvalue weighted by molar-refractivity contribution is 6.30. The molecule has 20 heavy (non-hydrogen) atoms. The topological polar surface area (TPSA) is 98.7 Å². The highest BCUT2D eigenvalue weighted by atomic mass is 35.5. The van der Waals surface area contributed by atoms with Crippen LogP contribution in [0, 0.1) is 0 Å². The SMILES string of the molecule is O=C1CN(C(=O)Nc2cccc(Cl)c2)C(C(=O)O)CN1. The van der Waals surface area contributed by atoms with Crippen molar-refractivity contribution in [1.82, 2.24) is 10.2 Å². The predicted octanol–water partition coefficient (Wildman–Crippen LogP) is 0.757. The molecule has 0 aliphatic carbocycles. The Morgan fingerprint density at radius 2 is 2.20 bits per heavy atom. The van der Waals surface area contributed by atoms with E-state index in [4.69, 9.17) is 16.7 Å². The molecule has 1 atom stereocenters. The molecule has 8 heteroatoms. The van der Waals surface area contributed by atoms with Crippen molar-refractivity contribution in [2.75, 3.05) is 18.4 Å². The maximum absolute atomic E-state index is 12.1. The summed E-state index contributed by atoms with van der Waals surface area (Å²) >= 11 is 5.79. The summed E-state index contributed by atoms with van der Waals surface area (Å²) in [6.45, 7) is -0.416. The van der Waals surface area contributed by atoms with Crippen LogP contribution in [-0.2, 0) is 9.59 Å². The summed E-state index contributed by atoms with van der Waals surface area (Å²) in [4.78, 5) is 35.4. The lowest BCUT2D eigenvalue weighted by Crippen LogP contribution is -2.60. The molecule has 0 aromatic heterocycles. The van der Waals surface area contributed by atoms with Gasteiger partial charge in [0.25, 0.3) is 0 Å². The van der Waals surface area contributed by atoms with Crippen LogP contribution in [0.4, 0.5) is 10.5 Å². The molecule has 106 valence electrons. The predicted molar refractivity (Wildman–Crippen MR) is 71.6 cm³/mol. The van der Waals surface area contributed by atoms with E-state index in [1.807, 2.05) is 0 Å². The van der Waals surface area contributed by atoms with Crippen LogP contribution in [0.25, 0.3) is 0 Å². The summed E-state index contributed by atoms with van der Waals surface area (Å²) in [6, 6.07) is 4.69. The number of carbonyl (C=O) groups is 3. The number of benzene rings is 1. The normalized spacial score (nSPS) is 18.4. The summed E-state index contributed by atoms with van der Waals surface area (Å²) < 4.78 is 0. The molecular weight excluding hydrogens is 286 g/mol. The summed E-state index contributed by atoms with van der Waals surface area (Å²) in [6.07, 6.45) is 0. The number of halogens is 1. The number of nitrogens with one attached hydrogen (secondary N) is 2. The number of anilines is 1. The fourth-order valence-electron chi connectivity index (χ4n) is 1.84. The van der Waals surface area contributed by atoms with Crippen molar-refractivity contribution in [2.24, 2.45) is 0 Å². The second kappa shape index (κ2) is 5.79. The number of hydrogen-bond acceptors (Lipinski definition) is 3. The number of carboxylic acid groups (broad SMARTS) is 1. The Balaban J connectivity index is 2.13. The molecule has 1 saturated heterocycles. The van der Waals surface area contributed by atoms with E-state index in [-0.39, 0.29) is 13.1 Å². The van der Waals surface area contributed by atoms with Crippen molar-refractivity contribution in [1.29, 1.82) is 0 Å². The monoisotopic (exact) mass is 297 g/mol. The molecule has 2 rings (SSSR count). The van der Waals surface area contributed by atoms with E-state index in [1.165, 1.54) is 6.07 Å². The van der Waals surface area contributed by atoms with Crippen molar-refractivity contribution in [2.45, 2.75) is 6.04 Å². The van der Waals surface area contributed by atoms with E-state index >= 15 is 0 Å². The van der Waals surface area contributed by atoms with Gasteiger partial charge in [0, 0.05) is 17.3 Å². The number of rotatable bonds is 2. The highest BCUT2D eigenvalue weighted by Crippen LogP contribution is 2.16. The minimum Gasteiger partial charge on any atom is -0.480 e. The van der Waals surface area contributed by atoms with Crippen molar-refractivity contribution in [3.8, 4) is 0 Å². The Hall–Kier alpha value is -2.28. The third-order valence-electron chi connectivity index (χ3n) is 2.80. The van der Waals surface area contributed by atoms with Crippen LogP contribution in [0.3, 0.4) is 0 Å². The lowest BCUT2D eigenvalue weighted by atomic mass is 10.2. The minimum atomic E-state index is -1.17. The average molecular weight is 298 g/mol. The molecule has 1 aromatic carbocycles. The lowest BCUT2D eigenvalue weighted by Gasteiger charge is -2.32. The quantitative estimate of drug-likeness (QED) is 0.750. The molecule has 1 fully saturated rings. The fourth-order valence-corrected chi connectivity index (χ4v) is 2.03. The van der Waals surface area contributed by atoms with Crippen molar-refractivity contribution in [3.63, 3.8) is 0 Å². The van der Waals surface area contributed by atoms with Gasteiger partial charge in [0.2, 0.25) is 5.91 Å². The number of urea groups is 1. The van der Waals surface area contributed by atoms with Gasteiger partial charge >= 0.3 is 12.0 Å². The molecule has 1 aliphatic heterocycles. The number of piperazine rings is 1. The highest BCUT2D eigenvalue weighted by Gasteiger charge is 2.35. The summed E-state index contributed by atoms with van der Waals surface area (Å²) in [5.41, 5.74) is 0.428. The first kappa shape index (κ1) is 14.1. The van der Waals surface area contributed by atoms with Gasteiger partial charge in [0.05, 0.1) is 0 Å². The van der Waals surface area contributed by atoms with Crippen molar-refractivity contribution >= 4 is 35.2 Å². The van der Waals surface area contributed by atoms with E-state index < -0.39 is 23.9 Å². The van der Waals surface area contributed by atoms with Gasteiger partial charge in [-0.1, -0.05) is 17.7 Å². The second-order valence-electron chi connectivity index (χ2n) is 4.23.